The third kappa shape index (κ3) is 7.46. The van der Waals surface area contributed by atoms with Gasteiger partial charge in [0.15, 0.2) is 11.5 Å². The summed E-state index contributed by atoms with van der Waals surface area (Å²) in [6.45, 7) is 5.15. The molecule has 0 heterocycles. The Bertz CT molecular complexity index is 771. The summed E-state index contributed by atoms with van der Waals surface area (Å²) in [5, 5.41) is 0. The van der Waals surface area contributed by atoms with Crippen molar-refractivity contribution in [1.82, 2.24) is 10.2 Å². The van der Waals surface area contributed by atoms with Crippen LogP contribution in [0.25, 0.3) is 0 Å². The van der Waals surface area contributed by atoms with Gasteiger partial charge in [-0.05, 0) is 30.5 Å². The zero-order chi connectivity index (χ0) is 20.4. The maximum absolute atomic E-state index is 12.2. The second-order valence-corrected chi connectivity index (χ2v) is 8.02. The second-order valence-electron chi connectivity index (χ2n) is 5.98. The van der Waals surface area contributed by atoms with E-state index in [9.17, 15) is 13.2 Å². The molecule has 1 atom stereocenters. The van der Waals surface area contributed by atoms with Crippen molar-refractivity contribution in [2.45, 2.75) is 33.4 Å². The molecule has 0 saturated carbocycles. The summed E-state index contributed by atoms with van der Waals surface area (Å²) >= 11 is 0. The van der Waals surface area contributed by atoms with E-state index in [1.807, 2.05) is 0 Å². The molecular formula is C18H26N2O6S. The predicted octanol–water partition coefficient (Wildman–Crippen LogP) is 1.22. The molecule has 0 aliphatic carbocycles. The number of ether oxygens (including phenoxy) is 2. The lowest BCUT2D eigenvalue weighted by Crippen LogP contribution is -2.49. The molecule has 1 aromatic carbocycles. The van der Waals surface area contributed by atoms with Crippen LogP contribution < -0.4 is 19.7 Å². The van der Waals surface area contributed by atoms with Gasteiger partial charge in [0.05, 0.1) is 19.5 Å². The fourth-order valence-corrected chi connectivity index (χ4v) is 3.00. The molecule has 150 valence electrons. The van der Waals surface area contributed by atoms with E-state index < -0.39 is 22.0 Å². The molecule has 0 spiro atoms. The second kappa shape index (κ2) is 10.8. The molecule has 27 heavy (non-hydrogen) atoms. The lowest BCUT2D eigenvalue weighted by atomic mass is 10.1. The number of nitrogens with one attached hydrogen (secondary N) is 2. The van der Waals surface area contributed by atoms with Crippen LogP contribution in [0, 0.1) is 18.3 Å². The van der Waals surface area contributed by atoms with Gasteiger partial charge >= 0.3 is 0 Å². The molecule has 0 unspecified atom stereocenters. The van der Waals surface area contributed by atoms with Crippen LogP contribution in [0.5, 0.6) is 11.5 Å². The predicted molar refractivity (Wildman–Crippen MR) is 101 cm³/mol. The minimum Gasteiger partial charge on any atom is -0.493 e. The number of terminal acetylenes is 1. The van der Waals surface area contributed by atoms with Gasteiger partial charge in [-0.15, -0.1) is 6.42 Å². The Hall–Kier alpha value is -2.28. The first kappa shape index (κ1) is 22.8. The van der Waals surface area contributed by atoms with Crippen LogP contribution in [0.1, 0.15) is 26.3 Å². The first-order chi connectivity index (χ1) is 12.7. The summed E-state index contributed by atoms with van der Waals surface area (Å²) in [4.78, 5) is 17.5. The molecule has 1 amide bonds. The van der Waals surface area contributed by atoms with E-state index in [2.05, 4.69) is 16.1 Å². The molecule has 2 N–H and O–H groups in total. The van der Waals surface area contributed by atoms with Crippen LogP contribution in [-0.4, -0.2) is 39.8 Å². The number of hydrogen-bond donors (Lipinski definition) is 2. The van der Waals surface area contributed by atoms with Crippen LogP contribution in [-0.2, 0) is 26.3 Å². The summed E-state index contributed by atoms with van der Waals surface area (Å²) in [5.41, 5.74) is 3.00. The molecule has 0 saturated heterocycles. The molecule has 0 aliphatic heterocycles. The third-order valence-electron chi connectivity index (χ3n) is 3.59. The SMILES string of the molecule is C#CCOc1ccc(CONC(=O)[C@@H](NS(=O)(=O)CC)C(C)C)cc1OC. The maximum Gasteiger partial charge on any atom is 0.261 e. The van der Waals surface area contributed by atoms with Crippen LogP contribution in [0.15, 0.2) is 18.2 Å². The Labute approximate surface area is 160 Å². The number of carbonyl (C=O) groups is 1. The largest absolute Gasteiger partial charge is 0.493 e. The highest BCUT2D eigenvalue weighted by Gasteiger charge is 2.26. The molecule has 8 nitrogen and oxygen atoms in total. The van der Waals surface area contributed by atoms with Crippen molar-refractivity contribution in [1.29, 1.82) is 0 Å². The zero-order valence-electron chi connectivity index (χ0n) is 15.9. The van der Waals surface area contributed by atoms with Crippen LogP contribution >= 0.6 is 0 Å². The monoisotopic (exact) mass is 398 g/mol. The van der Waals surface area contributed by atoms with E-state index in [0.29, 0.717) is 11.5 Å². The van der Waals surface area contributed by atoms with Crippen LogP contribution in [0.2, 0.25) is 0 Å². The molecule has 0 fully saturated rings. The number of carbonyl (C=O) groups excluding carboxylic acids is 1. The molecule has 0 aromatic heterocycles. The summed E-state index contributed by atoms with van der Waals surface area (Å²) in [7, 11) is -2.02. The average molecular weight is 398 g/mol. The van der Waals surface area contributed by atoms with Gasteiger partial charge in [0.2, 0.25) is 10.0 Å². The molecule has 0 radical (unpaired) electrons. The van der Waals surface area contributed by atoms with Gasteiger partial charge in [0.1, 0.15) is 12.6 Å². The maximum atomic E-state index is 12.2. The molecule has 1 aromatic rings. The van der Waals surface area contributed by atoms with Crippen molar-refractivity contribution in [3.8, 4) is 23.8 Å². The highest BCUT2D eigenvalue weighted by molar-refractivity contribution is 7.89. The summed E-state index contributed by atoms with van der Waals surface area (Å²) in [6.07, 6.45) is 5.17. The van der Waals surface area contributed by atoms with Gasteiger partial charge in [-0.3, -0.25) is 9.63 Å². The van der Waals surface area contributed by atoms with Crippen molar-refractivity contribution in [3.05, 3.63) is 23.8 Å². The molecular weight excluding hydrogens is 372 g/mol. The molecule has 1 rings (SSSR count). The van der Waals surface area contributed by atoms with E-state index in [1.165, 1.54) is 14.0 Å². The minimum absolute atomic E-state index is 0.0584. The van der Waals surface area contributed by atoms with Gasteiger partial charge in [0.25, 0.3) is 5.91 Å². The highest BCUT2D eigenvalue weighted by Crippen LogP contribution is 2.28. The van der Waals surface area contributed by atoms with E-state index in [4.69, 9.17) is 20.7 Å². The van der Waals surface area contributed by atoms with E-state index in [1.54, 1.807) is 32.0 Å². The van der Waals surface area contributed by atoms with Gasteiger partial charge in [-0.1, -0.05) is 25.8 Å². The third-order valence-corrected chi connectivity index (χ3v) is 4.96. The number of amides is 1. The van der Waals surface area contributed by atoms with E-state index in [-0.39, 0.29) is 24.9 Å². The van der Waals surface area contributed by atoms with E-state index in [0.717, 1.165) is 5.56 Å². The smallest absolute Gasteiger partial charge is 0.261 e. The lowest BCUT2D eigenvalue weighted by Gasteiger charge is -2.21. The molecule has 9 heteroatoms. The Kier molecular flexibility index (Phi) is 9.08. The van der Waals surface area contributed by atoms with Crippen molar-refractivity contribution in [2.24, 2.45) is 5.92 Å². The lowest BCUT2D eigenvalue weighted by molar-refractivity contribution is -0.137. The zero-order valence-corrected chi connectivity index (χ0v) is 16.8. The van der Waals surface area contributed by atoms with Crippen molar-refractivity contribution in [2.75, 3.05) is 19.5 Å². The standard InChI is InChI=1S/C18H26N2O6S/c1-6-10-25-15-9-8-14(11-16(15)24-5)12-26-19-18(21)17(13(3)4)20-27(22,23)7-2/h1,8-9,11,13,17,20H,7,10,12H2,2-5H3,(H,19,21)/t17-/m0/s1. The quantitative estimate of drug-likeness (QED) is 0.429. The van der Waals surface area contributed by atoms with Gasteiger partial charge < -0.3 is 9.47 Å². The Morgan fingerprint density at radius 3 is 2.56 bits per heavy atom. The van der Waals surface area contributed by atoms with Gasteiger partial charge in [-0.25, -0.2) is 18.6 Å². The summed E-state index contributed by atoms with van der Waals surface area (Å²) < 4.78 is 36.4. The van der Waals surface area contributed by atoms with Gasteiger partial charge in [-0.2, -0.15) is 0 Å². The number of rotatable bonds is 11. The number of sulfonamides is 1. The number of methoxy groups -OCH3 is 1. The Balaban J connectivity index is 2.67. The Morgan fingerprint density at radius 2 is 2.00 bits per heavy atom. The van der Waals surface area contributed by atoms with Crippen molar-refractivity contribution in [3.63, 3.8) is 0 Å². The number of hydrogen-bond acceptors (Lipinski definition) is 6. The fraction of sp³-hybridized carbons (Fsp3) is 0.500. The van der Waals surface area contributed by atoms with Crippen LogP contribution in [0.3, 0.4) is 0 Å². The van der Waals surface area contributed by atoms with Crippen LogP contribution in [0.4, 0.5) is 0 Å². The Morgan fingerprint density at radius 1 is 1.30 bits per heavy atom. The highest BCUT2D eigenvalue weighted by atomic mass is 32.2. The van der Waals surface area contributed by atoms with Crippen molar-refractivity contribution < 1.29 is 27.5 Å². The summed E-state index contributed by atoms with van der Waals surface area (Å²) in [5.74, 6) is 2.42. The fourth-order valence-electron chi connectivity index (χ4n) is 2.06. The van der Waals surface area contributed by atoms with E-state index >= 15 is 0 Å². The molecule has 0 bridgehead atoms. The first-order valence-corrected chi connectivity index (χ1v) is 10.0. The minimum atomic E-state index is -3.52. The first-order valence-electron chi connectivity index (χ1n) is 8.38. The average Bonchev–Trinajstić information content (AvgIpc) is 2.64. The van der Waals surface area contributed by atoms with Crippen molar-refractivity contribution >= 4 is 15.9 Å². The summed E-state index contributed by atoms with van der Waals surface area (Å²) in [6, 6.07) is 4.19. The normalized spacial score (nSPS) is 12.3. The molecule has 0 aliphatic rings. The number of benzene rings is 1. The topological polar surface area (TPSA) is 103 Å². The van der Waals surface area contributed by atoms with Gasteiger partial charge in [0, 0.05) is 0 Å². The number of hydroxylamine groups is 1.